The van der Waals surface area contributed by atoms with Crippen LogP contribution >= 0.6 is 23.2 Å². The van der Waals surface area contributed by atoms with Crippen molar-refractivity contribution in [1.82, 2.24) is 4.98 Å². The highest BCUT2D eigenvalue weighted by molar-refractivity contribution is 6.36. The lowest BCUT2D eigenvalue weighted by molar-refractivity contribution is 0.607. The van der Waals surface area contributed by atoms with Crippen molar-refractivity contribution < 1.29 is 0 Å². The molecule has 1 heterocycles. The minimum absolute atomic E-state index is 0.528. The first-order valence-corrected chi connectivity index (χ1v) is 6.06. The van der Waals surface area contributed by atoms with E-state index in [4.69, 9.17) is 28.9 Å². The number of hydrogen-bond acceptors (Lipinski definition) is 3. The minimum Gasteiger partial charge on any atom is -0.354 e. The second-order valence-electron chi connectivity index (χ2n) is 4.09. The number of nitrogens with two attached hydrogens (primary N) is 1. The molecular formula is C11H17Cl2N3. The average molecular weight is 262 g/mol. The highest BCUT2D eigenvalue weighted by atomic mass is 35.5. The van der Waals surface area contributed by atoms with Gasteiger partial charge in [0.2, 0.25) is 0 Å². The zero-order valence-corrected chi connectivity index (χ0v) is 11.1. The molecule has 16 heavy (non-hydrogen) atoms. The van der Waals surface area contributed by atoms with Crippen molar-refractivity contribution in [3.8, 4) is 0 Å². The van der Waals surface area contributed by atoms with Gasteiger partial charge in [0.15, 0.2) is 0 Å². The number of pyridine rings is 1. The van der Waals surface area contributed by atoms with E-state index >= 15 is 0 Å². The van der Waals surface area contributed by atoms with Gasteiger partial charge in [-0.1, -0.05) is 37.0 Å². The monoisotopic (exact) mass is 261 g/mol. The molecule has 0 spiro atoms. The Morgan fingerprint density at radius 2 is 2.12 bits per heavy atom. The maximum Gasteiger partial charge on any atom is 0.147 e. The number of hydrogen-bond donors (Lipinski definition) is 1. The van der Waals surface area contributed by atoms with Gasteiger partial charge in [-0.05, 0) is 12.0 Å². The lowest BCUT2D eigenvalue weighted by Gasteiger charge is -2.25. The molecular weight excluding hydrogens is 245 g/mol. The van der Waals surface area contributed by atoms with Crippen molar-refractivity contribution in [2.75, 3.05) is 24.5 Å². The molecule has 1 aromatic heterocycles. The van der Waals surface area contributed by atoms with Crippen molar-refractivity contribution in [2.45, 2.75) is 13.8 Å². The van der Waals surface area contributed by atoms with Crippen LogP contribution in [0.1, 0.15) is 13.8 Å². The molecule has 5 heteroatoms. The summed E-state index contributed by atoms with van der Waals surface area (Å²) in [4.78, 5) is 6.34. The van der Waals surface area contributed by atoms with Crippen molar-refractivity contribution in [2.24, 2.45) is 11.7 Å². The van der Waals surface area contributed by atoms with Gasteiger partial charge in [-0.15, -0.1) is 0 Å². The van der Waals surface area contributed by atoms with E-state index in [1.54, 1.807) is 12.3 Å². The summed E-state index contributed by atoms with van der Waals surface area (Å²) in [5.41, 5.74) is 5.58. The molecule has 3 nitrogen and oxygen atoms in total. The van der Waals surface area contributed by atoms with Crippen LogP contribution in [0.4, 0.5) is 5.82 Å². The van der Waals surface area contributed by atoms with Crippen LogP contribution < -0.4 is 10.6 Å². The van der Waals surface area contributed by atoms with Gasteiger partial charge in [0.1, 0.15) is 5.82 Å². The fourth-order valence-corrected chi connectivity index (χ4v) is 2.02. The standard InChI is InChI=1S/C11H17Cl2N3/c1-8(2)7-16(4-3-14)11-10(13)5-9(12)6-15-11/h5-6,8H,3-4,7,14H2,1-2H3. The van der Waals surface area contributed by atoms with Crippen LogP contribution in [-0.2, 0) is 0 Å². The van der Waals surface area contributed by atoms with Crippen LogP contribution in [0.2, 0.25) is 10.0 Å². The Morgan fingerprint density at radius 1 is 1.44 bits per heavy atom. The average Bonchev–Trinajstić information content (AvgIpc) is 2.16. The first kappa shape index (κ1) is 13.6. The highest BCUT2D eigenvalue weighted by Gasteiger charge is 2.13. The molecule has 0 aliphatic carbocycles. The Labute approximate surface area is 107 Å². The molecule has 0 bridgehead atoms. The third kappa shape index (κ3) is 3.81. The van der Waals surface area contributed by atoms with Crippen molar-refractivity contribution in [3.63, 3.8) is 0 Å². The third-order valence-electron chi connectivity index (χ3n) is 2.07. The van der Waals surface area contributed by atoms with E-state index in [-0.39, 0.29) is 0 Å². The molecule has 2 N–H and O–H groups in total. The molecule has 0 saturated carbocycles. The van der Waals surface area contributed by atoms with Crippen molar-refractivity contribution >= 4 is 29.0 Å². The fraction of sp³-hybridized carbons (Fsp3) is 0.545. The SMILES string of the molecule is CC(C)CN(CCN)c1ncc(Cl)cc1Cl. The van der Waals surface area contributed by atoms with Crippen LogP contribution in [-0.4, -0.2) is 24.6 Å². The zero-order chi connectivity index (χ0) is 12.1. The summed E-state index contributed by atoms with van der Waals surface area (Å²) in [6.07, 6.45) is 1.60. The maximum absolute atomic E-state index is 6.11. The molecule has 0 unspecified atom stereocenters. The molecule has 0 amide bonds. The number of aromatic nitrogens is 1. The van der Waals surface area contributed by atoms with Crippen LogP contribution in [0.5, 0.6) is 0 Å². The number of halogens is 2. The maximum atomic E-state index is 6.11. The van der Waals surface area contributed by atoms with E-state index < -0.39 is 0 Å². The van der Waals surface area contributed by atoms with Gasteiger partial charge in [0, 0.05) is 25.8 Å². The van der Waals surface area contributed by atoms with E-state index in [1.807, 2.05) is 0 Å². The highest BCUT2D eigenvalue weighted by Crippen LogP contribution is 2.26. The summed E-state index contributed by atoms with van der Waals surface area (Å²) < 4.78 is 0. The predicted molar refractivity (Wildman–Crippen MR) is 70.4 cm³/mol. The summed E-state index contributed by atoms with van der Waals surface area (Å²) >= 11 is 11.9. The Hall–Kier alpha value is -0.510. The predicted octanol–water partition coefficient (Wildman–Crippen LogP) is 2.81. The van der Waals surface area contributed by atoms with Crippen LogP contribution in [0.15, 0.2) is 12.3 Å². The quantitative estimate of drug-likeness (QED) is 0.887. The van der Waals surface area contributed by atoms with E-state index in [0.717, 1.165) is 18.9 Å². The molecule has 90 valence electrons. The van der Waals surface area contributed by atoms with E-state index in [9.17, 15) is 0 Å². The van der Waals surface area contributed by atoms with Crippen LogP contribution in [0, 0.1) is 5.92 Å². The van der Waals surface area contributed by atoms with Gasteiger partial charge >= 0.3 is 0 Å². The summed E-state index contributed by atoms with van der Waals surface area (Å²) in [5.74, 6) is 1.28. The Balaban J connectivity index is 2.91. The largest absolute Gasteiger partial charge is 0.354 e. The molecule has 0 radical (unpaired) electrons. The van der Waals surface area contributed by atoms with Gasteiger partial charge < -0.3 is 10.6 Å². The molecule has 0 saturated heterocycles. The first-order chi connectivity index (χ1) is 7.54. The molecule has 0 fully saturated rings. The normalized spacial score (nSPS) is 10.9. The molecule has 1 rings (SSSR count). The van der Waals surface area contributed by atoms with Crippen LogP contribution in [0.3, 0.4) is 0 Å². The summed E-state index contributed by atoms with van der Waals surface area (Å²) in [6, 6.07) is 1.70. The smallest absolute Gasteiger partial charge is 0.147 e. The number of nitrogens with zero attached hydrogens (tertiary/aromatic N) is 2. The van der Waals surface area contributed by atoms with Crippen molar-refractivity contribution in [3.05, 3.63) is 22.3 Å². The number of anilines is 1. The lowest BCUT2D eigenvalue weighted by Crippen LogP contribution is -2.33. The summed E-state index contributed by atoms with van der Waals surface area (Å²) in [5, 5.41) is 1.12. The molecule has 1 aromatic rings. The van der Waals surface area contributed by atoms with Gasteiger partial charge in [0.25, 0.3) is 0 Å². The van der Waals surface area contributed by atoms with Gasteiger partial charge in [0.05, 0.1) is 10.0 Å². The molecule has 0 aliphatic heterocycles. The van der Waals surface area contributed by atoms with Gasteiger partial charge in [-0.25, -0.2) is 4.98 Å². The van der Waals surface area contributed by atoms with Crippen molar-refractivity contribution in [1.29, 1.82) is 0 Å². The fourth-order valence-electron chi connectivity index (χ4n) is 1.52. The van der Waals surface area contributed by atoms with E-state index in [0.29, 0.717) is 22.5 Å². The zero-order valence-electron chi connectivity index (χ0n) is 9.58. The van der Waals surface area contributed by atoms with Crippen LogP contribution in [0.25, 0.3) is 0 Å². The Bertz CT molecular complexity index is 342. The summed E-state index contributed by atoms with van der Waals surface area (Å²) in [7, 11) is 0. The third-order valence-corrected chi connectivity index (χ3v) is 2.56. The first-order valence-electron chi connectivity index (χ1n) is 5.30. The Morgan fingerprint density at radius 3 is 2.62 bits per heavy atom. The van der Waals surface area contributed by atoms with Gasteiger partial charge in [-0.3, -0.25) is 0 Å². The van der Waals surface area contributed by atoms with E-state index in [2.05, 4.69) is 23.7 Å². The van der Waals surface area contributed by atoms with E-state index in [1.165, 1.54) is 0 Å². The second kappa shape index (κ2) is 6.28. The molecule has 0 atom stereocenters. The Kier molecular flexibility index (Phi) is 5.32. The lowest BCUT2D eigenvalue weighted by atomic mass is 10.2. The topological polar surface area (TPSA) is 42.1 Å². The number of rotatable bonds is 5. The second-order valence-corrected chi connectivity index (χ2v) is 4.93. The summed E-state index contributed by atoms with van der Waals surface area (Å²) in [6.45, 7) is 6.49. The molecule has 0 aromatic carbocycles. The molecule has 0 aliphatic rings. The minimum atomic E-state index is 0.528. The van der Waals surface area contributed by atoms with Gasteiger partial charge in [-0.2, -0.15) is 0 Å².